The van der Waals surface area contributed by atoms with Gasteiger partial charge in [-0.3, -0.25) is 4.90 Å². The van der Waals surface area contributed by atoms with Crippen molar-refractivity contribution in [1.29, 1.82) is 0 Å². The zero-order valence-corrected chi connectivity index (χ0v) is 9.43. The number of hydrogen-bond donors (Lipinski definition) is 0. The Labute approximate surface area is 94.2 Å². The van der Waals surface area contributed by atoms with Gasteiger partial charge in [0.15, 0.2) is 0 Å². The van der Waals surface area contributed by atoms with Crippen LogP contribution in [-0.4, -0.2) is 45.8 Å². The number of esters is 1. The highest BCUT2D eigenvalue weighted by atomic mass is 16.5. The van der Waals surface area contributed by atoms with Gasteiger partial charge in [-0.1, -0.05) is 6.42 Å². The topological polar surface area (TPSA) is 60.2 Å². The maximum absolute atomic E-state index is 11.1. The number of carbonyl (C=O) groups is 1. The first-order valence-corrected chi connectivity index (χ1v) is 5.50. The molecule has 1 saturated heterocycles. The van der Waals surface area contributed by atoms with Crippen molar-refractivity contribution in [2.24, 2.45) is 0 Å². The molecule has 2 heterocycles. The lowest BCUT2D eigenvalue weighted by Gasteiger charge is -2.25. The molecular weight excluding hydrogens is 208 g/mol. The molecule has 1 fully saturated rings. The molecule has 1 aromatic rings. The van der Waals surface area contributed by atoms with Gasteiger partial charge in [-0.05, 0) is 25.9 Å². The minimum Gasteiger partial charge on any atom is -0.463 e. The highest BCUT2D eigenvalue weighted by Gasteiger charge is 2.14. The van der Waals surface area contributed by atoms with Crippen molar-refractivity contribution in [2.75, 3.05) is 20.2 Å². The van der Waals surface area contributed by atoms with Crippen LogP contribution in [0.1, 0.15) is 29.9 Å². The standard InChI is InChI=1S/C10H16N4O2/c1-16-10(15)9-11-7-14(12-9)8-13-5-3-2-4-6-13/h7H,2-6,8H2,1H3. The van der Waals surface area contributed by atoms with Gasteiger partial charge in [0, 0.05) is 0 Å². The molecule has 0 aliphatic carbocycles. The van der Waals surface area contributed by atoms with Crippen LogP contribution in [0.2, 0.25) is 0 Å². The third kappa shape index (κ3) is 2.57. The first-order chi connectivity index (χ1) is 7.79. The fourth-order valence-electron chi connectivity index (χ4n) is 1.85. The van der Waals surface area contributed by atoms with Crippen LogP contribution >= 0.6 is 0 Å². The van der Waals surface area contributed by atoms with Crippen LogP contribution in [0.5, 0.6) is 0 Å². The van der Waals surface area contributed by atoms with Crippen molar-refractivity contribution in [3.05, 3.63) is 12.2 Å². The lowest BCUT2D eigenvalue weighted by molar-refractivity contribution is 0.0585. The molecule has 0 aromatic carbocycles. The van der Waals surface area contributed by atoms with E-state index in [0.29, 0.717) is 6.67 Å². The zero-order valence-electron chi connectivity index (χ0n) is 9.43. The number of nitrogens with zero attached hydrogens (tertiary/aromatic N) is 4. The summed E-state index contributed by atoms with van der Waals surface area (Å²) in [6, 6.07) is 0. The number of aromatic nitrogens is 3. The van der Waals surface area contributed by atoms with Gasteiger partial charge >= 0.3 is 5.97 Å². The zero-order chi connectivity index (χ0) is 11.4. The molecule has 0 spiro atoms. The van der Waals surface area contributed by atoms with Gasteiger partial charge in [0.1, 0.15) is 6.33 Å². The first-order valence-electron chi connectivity index (χ1n) is 5.50. The van der Waals surface area contributed by atoms with E-state index in [2.05, 4.69) is 19.7 Å². The molecule has 1 aromatic heterocycles. The van der Waals surface area contributed by atoms with Gasteiger partial charge in [-0.15, -0.1) is 5.10 Å². The minimum absolute atomic E-state index is 0.125. The first kappa shape index (κ1) is 11.1. The van der Waals surface area contributed by atoms with Gasteiger partial charge in [0.05, 0.1) is 13.8 Å². The van der Waals surface area contributed by atoms with Crippen LogP contribution in [0.4, 0.5) is 0 Å². The molecule has 0 N–H and O–H groups in total. The molecule has 16 heavy (non-hydrogen) atoms. The Hall–Kier alpha value is -1.43. The average Bonchev–Trinajstić information content (AvgIpc) is 2.78. The summed E-state index contributed by atoms with van der Waals surface area (Å²) in [7, 11) is 1.33. The monoisotopic (exact) mass is 224 g/mol. The molecule has 88 valence electrons. The third-order valence-electron chi connectivity index (χ3n) is 2.70. The Bertz CT molecular complexity index is 357. The maximum Gasteiger partial charge on any atom is 0.377 e. The molecule has 6 heteroatoms. The third-order valence-corrected chi connectivity index (χ3v) is 2.70. The largest absolute Gasteiger partial charge is 0.463 e. The van der Waals surface area contributed by atoms with Gasteiger partial charge in [-0.2, -0.15) is 0 Å². The number of likely N-dealkylation sites (tertiary alicyclic amines) is 1. The number of carbonyl (C=O) groups excluding carboxylic acids is 1. The number of methoxy groups -OCH3 is 1. The molecule has 2 rings (SSSR count). The predicted octanol–water partition coefficient (Wildman–Crippen LogP) is 0.508. The van der Waals surface area contributed by atoms with Crippen LogP contribution in [0.15, 0.2) is 6.33 Å². The minimum atomic E-state index is -0.489. The average molecular weight is 224 g/mol. The van der Waals surface area contributed by atoms with E-state index in [1.54, 1.807) is 11.0 Å². The van der Waals surface area contributed by atoms with E-state index in [1.807, 2.05) is 0 Å². The SMILES string of the molecule is COC(=O)c1ncn(CN2CCCCC2)n1. The molecule has 0 unspecified atom stereocenters. The molecule has 6 nitrogen and oxygen atoms in total. The second kappa shape index (κ2) is 5.07. The van der Waals surface area contributed by atoms with Crippen molar-refractivity contribution in [3.63, 3.8) is 0 Å². The van der Waals surface area contributed by atoms with E-state index < -0.39 is 5.97 Å². The van der Waals surface area contributed by atoms with Crippen LogP contribution < -0.4 is 0 Å². The number of ether oxygens (including phenoxy) is 1. The van der Waals surface area contributed by atoms with Crippen molar-refractivity contribution in [2.45, 2.75) is 25.9 Å². The lowest BCUT2D eigenvalue weighted by Crippen LogP contribution is -2.31. The molecule has 0 radical (unpaired) electrons. The van der Waals surface area contributed by atoms with E-state index in [-0.39, 0.29) is 5.82 Å². The molecular formula is C10H16N4O2. The van der Waals surface area contributed by atoms with Gasteiger partial charge in [0.2, 0.25) is 0 Å². The smallest absolute Gasteiger partial charge is 0.377 e. The number of piperidine rings is 1. The van der Waals surface area contributed by atoms with E-state index in [0.717, 1.165) is 13.1 Å². The Morgan fingerprint density at radius 1 is 1.44 bits per heavy atom. The van der Waals surface area contributed by atoms with Gasteiger partial charge in [-0.25, -0.2) is 14.5 Å². The Morgan fingerprint density at radius 3 is 2.88 bits per heavy atom. The summed E-state index contributed by atoms with van der Waals surface area (Å²) in [6.45, 7) is 2.88. The molecule has 1 aliphatic rings. The Morgan fingerprint density at radius 2 is 2.19 bits per heavy atom. The quantitative estimate of drug-likeness (QED) is 0.700. The Balaban J connectivity index is 1.94. The summed E-state index contributed by atoms with van der Waals surface area (Å²) in [5, 5.41) is 4.06. The Kier molecular flexibility index (Phi) is 3.51. The summed E-state index contributed by atoms with van der Waals surface area (Å²) >= 11 is 0. The molecule has 0 amide bonds. The van der Waals surface area contributed by atoms with E-state index >= 15 is 0 Å². The maximum atomic E-state index is 11.1. The number of rotatable bonds is 3. The fraction of sp³-hybridized carbons (Fsp3) is 0.700. The molecule has 0 atom stereocenters. The lowest BCUT2D eigenvalue weighted by atomic mass is 10.1. The van der Waals surface area contributed by atoms with Crippen LogP contribution in [0.3, 0.4) is 0 Å². The van der Waals surface area contributed by atoms with Crippen molar-refractivity contribution < 1.29 is 9.53 Å². The predicted molar refractivity (Wildman–Crippen MR) is 56.8 cm³/mol. The summed E-state index contributed by atoms with van der Waals surface area (Å²) < 4.78 is 6.23. The summed E-state index contributed by atoms with van der Waals surface area (Å²) in [5.41, 5.74) is 0. The number of hydrogen-bond acceptors (Lipinski definition) is 5. The van der Waals surface area contributed by atoms with Crippen LogP contribution in [-0.2, 0) is 11.4 Å². The normalized spacial score (nSPS) is 17.3. The van der Waals surface area contributed by atoms with E-state index in [4.69, 9.17) is 0 Å². The second-order valence-electron chi connectivity index (χ2n) is 3.92. The van der Waals surface area contributed by atoms with Crippen LogP contribution in [0, 0.1) is 0 Å². The second-order valence-corrected chi connectivity index (χ2v) is 3.92. The summed E-state index contributed by atoms with van der Waals surface area (Å²) in [6.07, 6.45) is 5.35. The van der Waals surface area contributed by atoms with E-state index in [1.165, 1.54) is 26.4 Å². The van der Waals surface area contributed by atoms with E-state index in [9.17, 15) is 4.79 Å². The van der Waals surface area contributed by atoms with Crippen molar-refractivity contribution in [1.82, 2.24) is 19.7 Å². The highest BCUT2D eigenvalue weighted by Crippen LogP contribution is 2.09. The summed E-state index contributed by atoms with van der Waals surface area (Å²) in [5.74, 6) is -0.364. The fourth-order valence-corrected chi connectivity index (χ4v) is 1.85. The van der Waals surface area contributed by atoms with Crippen LogP contribution in [0.25, 0.3) is 0 Å². The highest BCUT2D eigenvalue weighted by molar-refractivity contribution is 5.84. The summed E-state index contributed by atoms with van der Waals surface area (Å²) in [4.78, 5) is 17.4. The molecule has 0 saturated carbocycles. The molecule has 0 bridgehead atoms. The van der Waals surface area contributed by atoms with Gasteiger partial charge in [0.25, 0.3) is 5.82 Å². The molecule has 1 aliphatic heterocycles. The van der Waals surface area contributed by atoms with Crippen molar-refractivity contribution >= 4 is 5.97 Å². The van der Waals surface area contributed by atoms with Crippen molar-refractivity contribution in [3.8, 4) is 0 Å². The van der Waals surface area contributed by atoms with Gasteiger partial charge < -0.3 is 4.74 Å².